The van der Waals surface area contributed by atoms with Gasteiger partial charge in [-0.3, -0.25) is 4.79 Å². The summed E-state index contributed by atoms with van der Waals surface area (Å²) in [7, 11) is 0. The summed E-state index contributed by atoms with van der Waals surface area (Å²) < 4.78 is 40.7. The van der Waals surface area contributed by atoms with Crippen molar-refractivity contribution >= 4 is 11.8 Å². The minimum absolute atomic E-state index is 0.0333. The van der Waals surface area contributed by atoms with E-state index < -0.39 is 24.5 Å². The summed E-state index contributed by atoms with van der Waals surface area (Å²) in [5.41, 5.74) is 4.17. The van der Waals surface area contributed by atoms with Gasteiger partial charge in [0.25, 0.3) is 0 Å². The van der Waals surface area contributed by atoms with Crippen molar-refractivity contribution in [1.82, 2.24) is 30.6 Å². The number of aromatic nitrogens is 6. The Bertz CT molecular complexity index is 1410. The number of hydrogen-bond donors (Lipinski definition) is 2. The lowest BCUT2D eigenvalue weighted by Gasteiger charge is -2.28. The van der Waals surface area contributed by atoms with E-state index in [4.69, 9.17) is 0 Å². The highest BCUT2D eigenvalue weighted by Crippen LogP contribution is 2.35. The number of alkyl halides is 3. The number of halogens is 3. The van der Waals surface area contributed by atoms with Crippen molar-refractivity contribution in [2.75, 3.05) is 11.4 Å². The fourth-order valence-corrected chi connectivity index (χ4v) is 4.55. The molecule has 0 radical (unpaired) electrons. The average Bonchev–Trinajstić information content (AvgIpc) is 3.42. The van der Waals surface area contributed by atoms with Crippen molar-refractivity contribution in [3.63, 3.8) is 0 Å². The molecular weight excluding hydrogens is 487 g/mol. The van der Waals surface area contributed by atoms with Crippen LogP contribution in [0.1, 0.15) is 35.5 Å². The average molecular weight is 509 g/mol. The molecule has 0 amide bonds. The molecule has 2 heterocycles. The predicted octanol–water partition coefficient (Wildman–Crippen LogP) is 4.31. The Balaban J connectivity index is 1.48. The first-order chi connectivity index (χ1) is 17.8. The Labute approximate surface area is 209 Å². The quantitative estimate of drug-likeness (QED) is 0.378. The van der Waals surface area contributed by atoms with Crippen molar-refractivity contribution in [1.29, 1.82) is 0 Å². The normalized spacial score (nSPS) is 13.3. The molecule has 9 nitrogen and oxygen atoms in total. The van der Waals surface area contributed by atoms with E-state index in [9.17, 15) is 23.1 Å². The van der Waals surface area contributed by atoms with Gasteiger partial charge in [0.2, 0.25) is 11.6 Å². The molecule has 2 aromatic carbocycles. The van der Waals surface area contributed by atoms with Crippen LogP contribution in [0.25, 0.3) is 22.5 Å². The zero-order chi connectivity index (χ0) is 26.0. The van der Waals surface area contributed by atoms with Crippen LogP contribution in [0.15, 0.2) is 48.5 Å². The van der Waals surface area contributed by atoms with E-state index in [2.05, 4.69) is 30.6 Å². The molecule has 0 aliphatic heterocycles. The van der Waals surface area contributed by atoms with Gasteiger partial charge in [-0.2, -0.15) is 18.4 Å². The van der Waals surface area contributed by atoms with Crippen LogP contribution in [-0.4, -0.2) is 48.2 Å². The minimum atomic E-state index is -4.73. The molecule has 190 valence electrons. The van der Waals surface area contributed by atoms with Crippen LogP contribution in [0.5, 0.6) is 0 Å². The summed E-state index contributed by atoms with van der Waals surface area (Å²) in [6.07, 6.45) is -2.31. The van der Waals surface area contributed by atoms with Crippen LogP contribution in [-0.2, 0) is 30.4 Å². The van der Waals surface area contributed by atoms with Crippen LogP contribution < -0.4 is 4.90 Å². The van der Waals surface area contributed by atoms with Gasteiger partial charge in [-0.05, 0) is 47.6 Å². The van der Waals surface area contributed by atoms with Crippen LogP contribution in [0.3, 0.4) is 0 Å². The molecule has 2 N–H and O–H groups in total. The second-order valence-corrected chi connectivity index (χ2v) is 8.73. The summed E-state index contributed by atoms with van der Waals surface area (Å²) in [5, 5.41) is 23.7. The molecule has 5 rings (SSSR count). The van der Waals surface area contributed by atoms with E-state index in [0.717, 1.165) is 35.1 Å². The topological polar surface area (TPSA) is 121 Å². The van der Waals surface area contributed by atoms with Gasteiger partial charge in [0.1, 0.15) is 12.4 Å². The first kappa shape index (κ1) is 24.3. The lowest BCUT2D eigenvalue weighted by atomic mass is 9.95. The predicted molar refractivity (Wildman–Crippen MR) is 127 cm³/mol. The first-order valence-corrected chi connectivity index (χ1v) is 11.7. The Kier molecular flexibility index (Phi) is 6.55. The van der Waals surface area contributed by atoms with E-state index >= 15 is 0 Å². The van der Waals surface area contributed by atoms with Crippen molar-refractivity contribution in [2.45, 2.75) is 38.4 Å². The number of aromatic amines is 1. The molecule has 0 saturated carbocycles. The molecule has 0 unspecified atom stereocenters. The number of fused-ring (bicyclic) bond motifs is 1. The number of anilines is 1. The van der Waals surface area contributed by atoms with Gasteiger partial charge in [0, 0.05) is 23.4 Å². The van der Waals surface area contributed by atoms with Gasteiger partial charge in [0.05, 0.1) is 0 Å². The largest absolute Gasteiger partial charge is 0.480 e. The number of carbonyl (C=O) groups is 1. The molecule has 1 aliphatic carbocycles. The number of benzene rings is 2. The molecule has 0 bridgehead atoms. The first-order valence-electron chi connectivity index (χ1n) is 11.7. The van der Waals surface area contributed by atoms with E-state index in [1.807, 2.05) is 48.5 Å². The second-order valence-electron chi connectivity index (χ2n) is 8.73. The number of H-pyrrole nitrogens is 1. The number of carboxylic acid groups (broad SMARTS) is 1. The van der Waals surface area contributed by atoms with E-state index in [1.54, 1.807) is 0 Å². The van der Waals surface area contributed by atoms with Crippen LogP contribution in [0, 0.1) is 0 Å². The van der Waals surface area contributed by atoms with Crippen LogP contribution in [0.2, 0.25) is 0 Å². The zero-order valence-corrected chi connectivity index (χ0v) is 19.5. The molecule has 0 spiro atoms. The lowest BCUT2D eigenvalue weighted by molar-refractivity contribution is -0.145. The van der Waals surface area contributed by atoms with E-state index in [-0.39, 0.29) is 12.4 Å². The SMILES string of the molecule is O=C(O)CN(Cc1ccc(-c2ccccc2-c2nn[nH]n2)cc1)c1nc(C(F)(F)F)nc2c1CCCC2. The highest BCUT2D eigenvalue weighted by Gasteiger charge is 2.37. The maximum absolute atomic E-state index is 13.6. The number of hydrogen-bond acceptors (Lipinski definition) is 7. The van der Waals surface area contributed by atoms with E-state index in [1.165, 1.54) is 4.90 Å². The molecule has 0 saturated heterocycles. The maximum atomic E-state index is 13.6. The van der Waals surface area contributed by atoms with Crippen LogP contribution >= 0.6 is 0 Å². The summed E-state index contributed by atoms with van der Waals surface area (Å²) in [6, 6.07) is 14.9. The molecular formula is C25H22F3N7O2. The highest BCUT2D eigenvalue weighted by atomic mass is 19.4. The highest BCUT2D eigenvalue weighted by molar-refractivity contribution is 5.80. The maximum Gasteiger partial charge on any atom is 0.451 e. The fourth-order valence-electron chi connectivity index (χ4n) is 4.55. The van der Waals surface area contributed by atoms with Gasteiger partial charge in [0.15, 0.2) is 0 Å². The monoisotopic (exact) mass is 509 g/mol. The number of nitrogens with one attached hydrogen (secondary N) is 1. The minimum Gasteiger partial charge on any atom is -0.480 e. The molecule has 1 aliphatic rings. The fraction of sp³-hybridized carbons (Fsp3) is 0.280. The standard InChI is InChI=1S/C25H22F3N7O2/c26-25(27,28)24-29-20-8-4-3-7-19(20)23(30-24)35(14-21(36)37)13-15-9-11-16(12-10-15)17-5-1-2-6-18(17)22-31-33-34-32-22/h1-2,5-6,9-12H,3-4,7-8,13-14H2,(H,36,37)(H,31,32,33,34). The summed E-state index contributed by atoms with van der Waals surface area (Å²) in [5.74, 6) is -1.93. The molecule has 0 fully saturated rings. The smallest absolute Gasteiger partial charge is 0.451 e. The zero-order valence-electron chi connectivity index (χ0n) is 19.5. The van der Waals surface area contributed by atoms with Crippen LogP contribution in [0.4, 0.5) is 19.0 Å². The molecule has 2 aromatic heterocycles. The third kappa shape index (κ3) is 5.27. The Hall–Kier alpha value is -4.35. The second kappa shape index (κ2) is 9.96. The lowest BCUT2D eigenvalue weighted by Crippen LogP contribution is -2.33. The summed E-state index contributed by atoms with van der Waals surface area (Å²) in [4.78, 5) is 20.6. The van der Waals surface area contributed by atoms with Crippen molar-refractivity contribution in [3.8, 4) is 22.5 Å². The van der Waals surface area contributed by atoms with Crippen molar-refractivity contribution in [2.24, 2.45) is 0 Å². The van der Waals surface area contributed by atoms with Crippen molar-refractivity contribution < 1.29 is 23.1 Å². The number of rotatable bonds is 7. The van der Waals surface area contributed by atoms with Gasteiger partial charge >= 0.3 is 12.1 Å². The number of aliphatic carboxylic acids is 1. The summed E-state index contributed by atoms with van der Waals surface area (Å²) >= 11 is 0. The Morgan fingerprint density at radius 1 is 1.00 bits per heavy atom. The Morgan fingerprint density at radius 2 is 1.73 bits per heavy atom. The molecule has 37 heavy (non-hydrogen) atoms. The van der Waals surface area contributed by atoms with Crippen molar-refractivity contribution in [3.05, 3.63) is 71.2 Å². The van der Waals surface area contributed by atoms with E-state index in [0.29, 0.717) is 29.9 Å². The van der Waals surface area contributed by atoms with Gasteiger partial charge in [-0.15, -0.1) is 10.2 Å². The third-order valence-electron chi connectivity index (χ3n) is 6.19. The third-order valence-corrected chi connectivity index (χ3v) is 6.19. The molecule has 12 heteroatoms. The summed E-state index contributed by atoms with van der Waals surface area (Å²) in [6.45, 7) is -0.428. The van der Waals surface area contributed by atoms with Gasteiger partial charge < -0.3 is 10.0 Å². The van der Waals surface area contributed by atoms with Gasteiger partial charge in [-0.25, -0.2) is 9.97 Å². The molecule has 4 aromatic rings. The van der Waals surface area contributed by atoms with Gasteiger partial charge in [-0.1, -0.05) is 48.5 Å². The number of tetrazole rings is 1. The number of nitrogens with zero attached hydrogens (tertiary/aromatic N) is 6. The Morgan fingerprint density at radius 3 is 2.41 bits per heavy atom. The molecule has 0 atom stereocenters. The number of aryl methyl sites for hydroxylation is 1. The number of carboxylic acids is 1.